The third kappa shape index (κ3) is 5.37. The number of carbonyl (C=O) groups is 2. The number of rotatable bonds is 6. The molecule has 1 rings (SSSR count). The summed E-state index contributed by atoms with van der Waals surface area (Å²) >= 11 is 0. The lowest BCUT2D eigenvalue weighted by Crippen LogP contribution is -2.35. The standard InChI is InChI=1S/C12H17N3O4S/c1-9(16)10-3-5-11(6-4-10)15-12(17)14-7-8-20(18,19)13-2/h3-6,13H,7-8H2,1-2H3,(H2,14,15,17). The molecule has 0 radical (unpaired) electrons. The summed E-state index contributed by atoms with van der Waals surface area (Å²) in [5.74, 6) is -0.251. The van der Waals surface area contributed by atoms with E-state index in [1.165, 1.54) is 14.0 Å². The zero-order valence-corrected chi connectivity index (χ0v) is 12.1. The minimum absolute atomic E-state index is 0.000532. The molecule has 0 spiro atoms. The Labute approximate surface area is 117 Å². The first-order valence-corrected chi connectivity index (χ1v) is 7.56. The molecule has 110 valence electrons. The summed E-state index contributed by atoms with van der Waals surface area (Å²) < 4.78 is 24.4. The van der Waals surface area contributed by atoms with Crippen LogP contribution in [0.15, 0.2) is 24.3 Å². The van der Waals surface area contributed by atoms with Crippen LogP contribution < -0.4 is 15.4 Å². The van der Waals surface area contributed by atoms with Crippen LogP contribution in [-0.4, -0.2) is 39.6 Å². The molecule has 7 nitrogen and oxygen atoms in total. The number of nitrogens with one attached hydrogen (secondary N) is 3. The van der Waals surface area contributed by atoms with Gasteiger partial charge in [0.1, 0.15) is 0 Å². The van der Waals surface area contributed by atoms with Gasteiger partial charge in [0.05, 0.1) is 5.75 Å². The van der Waals surface area contributed by atoms with Gasteiger partial charge >= 0.3 is 6.03 Å². The second-order valence-corrected chi connectivity index (χ2v) is 6.08. The number of carbonyl (C=O) groups excluding carboxylic acids is 2. The van der Waals surface area contributed by atoms with Crippen molar-refractivity contribution in [1.82, 2.24) is 10.0 Å². The van der Waals surface area contributed by atoms with E-state index in [0.717, 1.165) is 0 Å². The largest absolute Gasteiger partial charge is 0.337 e. The summed E-state index contributed by atoms with van der Waals surface area (Å²) in [4.78, 5) is 22.6. The summed E-state index contributed by atoms with van der Waals surface area (Å²) in [6.45, 7) is 1.46. The van der Waals surface area contributed by atoms with Crippen LogP contribution in [-0.2, 0) is 10.0 Å². The highest BCUT2D eigenvalue weighted by Gasteiger charge is 2.08. The van der Waals surface area contributed by atoms with E-state index < -0.39 is 16.1 Å². The molecular formula is C12H17N3O4S. The minimum atomic E-state index is -3.33. The highest BCUT2D eigenvalue weighted by atomic mass is 32.2. The van der Waals surface area contributed by atoms with Gasteiger partial charge in [0.2, 0.25) is 10.0 Å². The Kier molecular flexibility index (Phi) is 5.66. The van der Waals surface area contributed by atoms with Crippen molar-refractivity contribution in [3.8, 4) is 0 Å². The first-order chi connectivity index (χ1) is 9.34. The molecule has 0 unspecified atom stereocenters. The van der Waals surface area contributed by atoms with Gasteiger partial charge in [-0.3, -0.25) is 4.79 Å². The molecule has 0 aliphatic heterocycles. The summed E-state index contributed by atoms with van der Waals surface area (Å²) in [6.07, 6.45) is 0. The van der Waals surface area contributed by atoms with E-state index in [9.17, 15) is 18.0 Å². The summed E-state index contributed by atoms with van der Waals surface area (Å²) in [5, 5.41) is 4.96. The third-order valence-electron chi connectivity index (χ3n) is 2.52. The maximum atomic E-state index is 11.5. The molecule has 0 saturated heterocycles. The first-order valence-electron chi connectivity index (χ1n) is 5.91. The number of anilines is 1. The van der Waals surface area contributed by atoms with Crippen molar-refractivity contribution in [2.45, 2.75) is 6.92 Å². The van der Waals surface area contributed by atoms with Crippen LogP contribution in [0.25, 0.3) is 0 Å². The molecule has 0 atom stereocenters. The molecular weight excluding hydrogens is 282 g/mol. The topological polar surface area (TPSA) is 104 Å². The molecule has 1 aromatic rings. The zero-order chi connectivity index (χ0) is 15.2. The zero-order valence-electron chi connectivity index (χ0n) is 11.3. The highest BCUT2D eigenvalue weighted by molar-refractivity contribution is 7.89. The number of ketones is 1. The average molecular weight is 299 g/mol. The van der Waals surface area contributed by atoms with Crippen molar-refractivity contribution < 1.29 is 18.0 Å². The van der Waals surface area contributed by atoms with Crippen LogP contribution in [0.2, 0.25) is 0 Å². The van der Waals surface area contributed by atoms with E-state index in [0.29, 0.717) is 11.3 Å². The van der Waals surface area contributed by atoms with E-state index in [4.69, 9.17) is 0 Å². The Balaban J connectivity index is 2.44. The van der Waals surface area contributed by atoms with Gasteiger partial charge in [-0.05, 0) is 38.2 Å². The Hall–Kier alpha value is -1.93. The maximum absolute atomic E-state index is 11.5. The predicted molar refractivity (Wildman–Crippen MR) is 76.3 cm³/mol. The molecule has 0 aliphatic rings. The Morgan fingerprint density at radius 3 is 2.25 bits per heavy atom. The van der Waals surface area contributed by atoms with Crippen molar-refractivity contribution >= 4 is 27.5 Å². The van der Waals surface area contributed by atoms with Crippen LogP contribution in [0.4, 0.5) is 10.5 Å². The van der Waals surface area contributed by atoms with Gasteiger partial charge in [-0.25, -0.2) is 17.9 Å². The number of urea groups is 1. The first kappa shape index (κ1) is 16.1. The molecule has 0 aromatic heterocycles. The van der Waals surface area contributed by atoms with Gasteiger partial charge in [0.25, 0.3) is 0 Å². The van der Waals surface area contributed by atoms with Gasteiger partial charge < -0.3 is 10.6 Å². The van der Waals surface area contributed by atoms with E-state index in [-0.39, 0.29) is 18.1 Å². The van der Waals surface area contributed by atoms with E-state index in [2.05, 4.69) is 15.4 Å². The monoisotopic (exact) mass is 299 g/mol. The number of Topliss-reactive ketones (excluding diaryl/α,β-unsaturated/α-hetero) is 1. The van der Waals surface area contributed by atoms with Gasteiger partial charge in [-0.1, -0.05) is 0 Å². The van der Waals surface area contributed by atoms with Crippen LogP contribution >= 0.6 is 0 Å². The second kappa shape index (κ2) is 7.01. The van der Waals surface area contributed by atoms with Gasteiger partial charge in [0, 0.05) is 17.8 Å². The second-order valence-electron chi connectivity index (χ2n) is 4.04. The van der Waals surface area contributed by atoms with Crippen molar-refractivity contribution in [3.05, 3.63) is 29.8 Å². The lowest BCUT2D eigenvalue weighted by atomic mass is 10.1. The molecule has 0 aliphatic carbocycles. The van der Waals surface area contributed by atoms with Gasteiger partial charge in [0.15, 0.2) is 5.78 Å². The minimum Gasteiger partial charge on any atom is -0.337 e. The SMILES string of the molecule is CNS(=O)(=O)CCNC(=O)Nc1ccc(C(C)=O)cc1. The molecule has 0 heterocycles. The normalized spacial score (nSPS) is 10.9. The summed E-state index contributed by atoms with van der Waals surface area (Å²) in [7, 11) is -2.02. The summed E-state index contributed by atoms with van der Waals surface area (Å²) in [5.41, 5.74) is 1.07. The molecule has 3 N–H and O–H groups in total. The van der Waals surface area contributed by atoms with Crippen molar-refractivity contribution in [2.75, 3.05) is 24.7 Å². The molecule has 2 amide bonds. The lowest BCUT2D eigenvalue weighted by molar-refractivity contribution is 0.101. The quantitative estimate of drug-likeness (QED) is 0.667. The van der Waals surface area contributed by atoms with Crippen LogP contribution in [0, 0.1) is 0 Å². The van der Waals surface area contributed by atoms with Crippen molar-refractivity contribution in [2.24, 2.45) is 0 Å². The third-order valence-corrected chi connectivity index (χ3v) is 3.88. The fourth-order valence-corrected chi connectivity index (χ4v) is 1.94. The van der Waals surface area contributed by atoms with Crippen LogP contribution in [0.1, 0.15) is 17.3 Å². The number of sulfonamides is 1. The van der Waals surface area contributed by atoms with E-state index >= 15 is 0 Å². The van der Waals surface area contributed by atoms with Gasteiger partial charge in [-0.2, -0.15) is 0 Å². The fourth-order valence-electron chi connectivity index (χ4n) is 1.36. The average Bonchev–Trinajstić information content (AvgIpc) is 2.39. The van der Waals surface area contributed by atoms with Crippen molar-refractivity contribution in [1.29, 1.82) is 0 Å². The van der Waals surface area contributed by atoms with Crippen LogP contribution in [0.3, 0.4) is 0 Å². The maximum Gasteiger partial charge on any atom is 0.319 e. The summed E-state index contributed by atoms with van der Waals surface area (Å²) in [6, 6.07) is 5.89. The van der Waals surface area contributed by atoms with Crippen LogP contribution in [0.5, 0.6) is 0 Å². The Morgan fingerprint density at radius 1 is 1.15 bits per heavy atom. The lowest BCUT2D eigenvalue weighted by Gasteiger charge is -2.08. The number of hydrogen-bond donors (Lipinski definition) is 3. The van der Waals surface area contributed by atoms with Crippen molar-refractivity contribution in [3.63, 3.8) is 0 Å². The number of benzene rings is 1. The predicted octanol–water partition coefficient (Wildman–Crippen LogP) is 0.560. The molecule has 8 heteroatoms. The highest BCUT2D eigenvalue weighted by Crippen LogP contribution is 2.09. The molecule has 20 heavy (non-hydrogen) atoms. The molecule has 0 bridgehead atoms. The van der Waals surface area contributed by atoms with E-state index in [1.807, 2.05) is 0 Å². The molecule has 0 fully saturated rings. The molecule has 1 aromatic carbocycles. The van der Waals surface area contributed by atoms with Gasteiger partial charge in [-0.15, -0.1) is 0 Å². The Bertz CT molecular complexity index is 581. The number of amides is 2. The van der Waals surface area contributed by atoms with E-state index in [1.54, 1.807) is 24.3 Å². The smallest absolute Gasteiger partial charge is 0.319 e. The molecule has 0 saturated carbocycles. The fraction of sp³-hybridized carbons (Fsp3) is 0.333. The number of hydrogen-bond acceptors (Lipinski definition) is 4. The Morgan fingerprint density at radius 2 is 1.75 bits per heavy atom.